The quantitative estimate of drug-likeness (QED) is 0.466. The molecule has 0 aromatic rings. The molecule has 90 valence electrons. The Morgan fingerprint density at radius 1 is 1.40 bits per heavy atom. The van der Waals surface area contributed by atoms with E-state index in [0.717, 1.165) is 32.6 Å². The van der Waals surface area contributed by atoms with Crippen molar-refractivity contribution in [2.45, 2.75) is 26.7 Å². The van der Waals surface area contributed by atoms with Crippen LogP contribution in [0.4, 0.5) is 0 Å². The van der Waals surface area contributed by atoms with Crippen LogP contribution in [0.15, 0.2) is 0 Å². The summed E-state index contributed by atoms with van der Waals surface area (Å²) in [4.78, 5) is 11.0. The van der Waals surface area contributed by atoms with Crippen molar-refractivity contribution in [1.29, 1.82) is 0 Å². The third kappa shape index (κ3) is 8.39. The average molecular weight is 217 g/mol. The fourth-order valence-corrected chi connectivity index (χ4v) is 1.15. The van der Waals surface area contributed by atoms with Gasteiger partial charge in [-0.2, -0.15) is 0 Å². The molecule has 15 heavy (non-hydrogen) atoms. The van der Waals surface area contributed by atoms with Crippen LogP contribution < -0.4 is 5.32 Å². The van der Waals surface area contributed by atoms with E-state index in [2.05, 4.69) is 17.0 Å². The minimum absolute atomic E-state index is 0.0773. The summed E-state index contributed by atoms with van der Waals surface area (Å²) in [7, 11) is 1.41. The van der Waals surface area contributed by atoms with Crippen LogP contribution in [0.3, 0.4) is 0 Å². The lowest BCUT2D eigenvalue weighted by Crippen LogP contribution is -2.28. The molecule has 1 unspecified atom stereocenters. The van der Waals surface area contributed by atoms with E-state index in [1.165, 1.54) is 7.11 Å². The minimum atomic E-state index is -0.162. The van der Waals surface area contributed by atoms with Crippen molar-refractivity contribution in [3.8, 4) is 0 Å². The Hall–Kier alpha value is -0.610. The van der Waals surface area contributed by atoms with Crippen molar-refractivity contribution in [3.63, 3.8) is 0 Å². The molecule has 0 spiro atoms. The third-order valence-corrected chi connectivity index (χ3v) is 2.04. The molecule has 0 bridgehead atoms. The third-order valence-electron chi connectivity index (χ3n) is 2.04. The van der Waals surface area contributed by atoms with Crippen LogP contribution in [-0.4, -0.2) is 39.4 Å². The second-order valence-corrected chi connectivity index (χ2v) is 3.59. The van der Waals surface area contributed by atoms with E-state index in [1.54, 1.807) is 0 Å². The van der Waals surface area contributed by atoms with Gasteiger partial charge in [0.15, 0.2) is 0 Å². The highest BCUT2D eigenvalue weighted by Crippen LogP contribution is 1.95. The van der Waals surface area contributed by atoms with Gasteiger partial charge in [-0.15, -0.1) is 0 Å². The molecular weight excluding hydrogens is 194 g/mol. The molecule has 0 aromatic carbocycles. The summed E-state index contributed by atoms with van der Waals surface area (Å²) in [6.45, 7) is 7.11. The van der Waals surface area contributed by atoms with E-state index in [4.69, 9.17) is 4.74 Å². The van der Waals surface area contributed by atoms with Crippen molar-refractivity contribution in [1.82, 2.24) is 5.32 Å². The first-order chi connectivity index (χ1) is 7.22. The number of rotatable bonds is 9. The highest BCUT2D eigenvalue weighted by Gasteiger charge is 2.11. The number of hydrogen-bond donors (Lipinski definition) is 1. The van der Waals surface area contributed by atoms with Gasteiger partial charge in [0.05, 0.1) is 13.0 Å². The first kappa shape index (κ1) is 14.4. The molecule has 1 N–H and O–H groups in total. The van der Waals surface area contributed by atoms with E-state index in [-0.39, 0.29) is 11.9 Å². The number of carbonyl (C=O) groups excluding carboxylic acids is 1. The van der Waals surface area contributed by atoms with Gasteiger partial charge in [-0.05, 0) is 19.4 Å². The van der Waals surface area contributed by atoms with E-state index in [9.17, 15) is 4.79 Å². The van der Waals surface area contributed by atoms with Crippen molar-refractivity contribution in [3.05, 3.63) is 0 Å². The topological polar surface area (TPSA) is 47.6 Å². The molecule has 4 heteroatoms. The molecular formula is C11H23NO3. The van der Waals surface area contributed by atoms with Crippen LogP contribution in [0, 0.1) is 5.92 Å². The van der Waals surface area contributed by atoms with E-state index in [0.29, 0.717) is 6.54 Å². The van der Waals surface area contributed by atoms with E-state index in [1.807, 2.05) is 6.92 Å². The molecule has 0 saturated heterocycles. The second kappa shape index (κ2) is 9.93. The zero-order valence-corrected chi connectivity index (χ0v) is 10.0. The summed E-state index contributed by atoms with van der Waals surface area (Å²) in [5.74, 6) is -0.240. The van der Waals surface area contributed by atoms with E-state index >= 15 is 0 Å². The smallest absolute Gasteiger partial charge is 0.309 e. The van der Waals surface area contributed by atoms with Gasteiger partial charge in [-0.25, -0.2) is 0 Å². The van der Waals surface area contributed by atoms with Crippen molar-refractivity contribution in [2.75, 3.05) is 33.4 Å². The van der Waals surface area contributed by atoms with Crippen LogP contribution in [0.25, 0.3) is 0 Å². The first-order valence-corrected chi connectivity index (χ1v) is 5.58. The lowest BCUT2D eigenvalue weighted by atomic mass is 10.2. The van der Waals surface area contributed by atoms with Gasteiger partial charge in [0, 0.05) is 19.8 Å². The molecule has 0 aromatic heterocycles. The Balaban J connectivity index is 3.20. The highest BCUT2D eigenvalue weighted by molar-refractivity contribution is 5.71. The molecule has 0 aliphatic carbocycles. The lowest BCUT2D eigenvalue weighted by molar-refractivity contribution is -0.144. The van der Waals surface area contributed by atoms with Gasteiger partial charge in [-0.3, -0.25) is 4.79 Å². The highest BCUT2D eigenvalue weighted by atomic mass is 16.5. The van der Waals surface area contributed by atoms with Crippen LogP contribution in [0.2, 0.25) is 0 Å². The summed E-state index contributed by atoms with van der Waals surface area (Å²) in [5, 5.41) is 3.20. The van der Waals surface area contributed by atoms with Gasteiger partial charge in [0.2, 0.25) is 0 Å². The maximum Gasteiger partial charge on any atom is 0.309 e. The summed E-state index contributed by atoms with van der Waals surface area (Å²) in [6, 6.07) is 0. The SMILES string of the molecule is CCCOCCCNCC(C)C(=O)OC. The standard InChI is InChI=1S/C11H23NO3/c1-4-7-15-8-5-6-12-9-10(2)11(13)14-3/h10,12H,4-9H2,1-3H3. The molecule has 1 atom stereocenters. The molecule has 0 radical (unpaired) electrons. The number of ether oxygens (including phenoxy) is 2. The number of nitrogens with one attached hydrogen (secondary N) is 1. The molecule has 0 saturated carbocycles. The predicted molar refractivity (Wildman–Crippen MR) is 59.8 cm³/mol. The van der Waals surface area contributed by atoms with E-state index < -0.39 is 0 Å². The Bertz CT molecular complexity index is 162. The monoisotopic (exact) mass is 217 g/mol. The van der Waals surface area contributed by atoms with Crippen molar-refractivity contribution < 1.29 is 14.3 Å². The van der Waals surface area contributed by atoms with Crippen molar-refractivity contribution >= 4 is 5.97 Å². The first-order valence-electron chi connectivity index (χ1n) is 5.58. The second-order valence-electron chi connectivity index (χ2n) is 3.59. The summed E-state index contributed by atoms with van der Waals surface area (Å²) >= 11 is 0. The van der Waals surface area contributed by atoms with Gasteiger partial charge in [0.1, 0.15) is 0 Å². The number of hydrogen-bond acceptors (Lipinski definition) is 4. The average Bonchev–Trinajstić information content (AvgIpc) is 2.26. The predicted octanol–water partition coefficient (Wildman–Crippen LogP) is 1.20. The Labute approximate surface area is 92.3 Å². The molecule has 0 amide bonds. The number of esters is 1. The zero-order chi connectivity index (χ0) is 11.5. The van der Waals surface area contributed by atoms with Crippen molar-refractivity contribution in [2.24, 2.45) is 5.92 Å². The van der Waals surface area contributed by atoms with Gasteiger partial charge >= 0.3 is 5.97 Å². The van der Waals surface area contributed by atoms with Crippen LogP contribution in [0.5, 0.6) is 0 Å². The van der Waals surface area contributed by atoms with Crippen LogP contribution >= 0.6 is 0 Å². The van der Waals surface area contributed by atoms with Gasteiger partial charge < -0.3 is 14.8 Å². The summed E-state index contributed by atoms with van der Waals surface area (Å²) in [5.41, 5.74) is 0. The van der Waals surface area contributed by atoms with Crippen LogP contribution in [-0.2, 0) is 14.3 Å². The van der Waals surface area contributed by atoms with Gasteiger partial charge in [0.25, 0.3) is 0 Å². The molecule has 0 fully saturated rings. The summed E-state index contributed by atoms with van der Waals surface area (Å²) < 4.78 is 9.95. The maximum atomic E-state index is 11.0. The zero-order valence-electron chi connectivity index (χ0n) is 10.0. The minimum Gasteiger partial charge on any atom is -0.469 e. The fourth-order valence-electron chi connectivity index (χ4n) is 1.15. The van der Waals surface area contributed by atoms with Crippen LogP contribution in [0.1, 0.15) is 26.7 Å². The molecule has 0 aliphatic heterocycles. The molecule has 0 rings (SSSR count). The Morgan fingerprint density at radius 2 is 2.13 bits per heavy atom. The summed E-state index contributed by atoms with van der Waals surface area (Å²) in [6.07, 6.45) is 2.04. The Morgan fingerprint density at radius 3 is 2.73 bits per heavy atom. The fraction of sp³-hybridized carbons (Fsp3) is 0.909. The molecule has 4 nitrogen and oxygen atoms in total. The molecule has 0 aliphatic rings. The lowest BCUT2D eigenvalue weighted by Gasteiger charge is -2.10. The Kier molecular flexibility index (Phi) is 9.52. The number of methoxy groups -OCH3 is 1. The maximum absolute atomic E-state index is 11.0. The largest absolute Gasteiger partial charge is 0.469 e. The number of carbonyl (C=O) groups is 1. The van der Waals surface area contributed by atoms with Gasteiger partial charge in [-0.1, -0.05) is 13.8 Å². The normalized spacial score (nSPS) is 12.5. The molecule has 0 heterocycles.